The van der Waals surface area contributed by atoms with Crippen LogP contribution < -0.4 is 9.47 Å². The Morgan fingerprint density at radius 3 is 2.40 bits per heavy atom. The second-order valence-electron chi connectivity index (χ2n) is 4.34. The van der Waals surface area contributed by atoms with Crippen molar-refractivity contribution in [3.8, 4) is 11.5 Å². The van der Waals surface area contributed by atoms with Crippen molar-refractivity contribution in [1.82, 2.24) is 9.78 Å². The van der Waals surface area contributed by atoms with E-state index in [1.165, 1.54) is 0 Å². The highest BCUT2D eigenvalue weighted by molar-refractivity contribution is 6.02. The summed E-state index contributed by atoms with van der Waals surface area (Å²) in [5, 5.41) is 4.17. The van der Waals surface area contributed by atoms with Gasteiger partial charge >= 0.3 is 0 Å². The summed E-state index contributed by atoms with van der Waals surface area (Å²) in [5.74, 6) is 1.00. The molecule has 0 atom stereocenters. The van der Waals surface area contributed by atoms with Crippen molar-refractivity contribution in [2.75, 3.05) is 14.2 Å². The fourth-order valence-electron chi connectivity index (χ4n) is 2.07. The second-order valence-corrected chi connectivity index (χ2v) is 4.34. The molecular formula is C15H18N2O3. The Bertz CT molecular complexity index is 583. The smallest absolute Gasteiger partial charge is 0.174 e. The van der Waals surface area contributed by atoms with E-state index >= 15 is 0 Å². The minimum absolute atomic E-state index is 0.0463. The fourth-order valence-corrected chi connectivity index (χ4v) is 2.07. The van der Waals surface area contributed by atoms with Crippen molar-refractivity contribution in [2.24, 2.45) is 0 Å². The molecule has 0 bridgehead atoms. The zero-order valence-corrected chi connectivity index (χ0v) is 11.9. The number of aryl methyl sites for hydroxylation is 1. The summed E-state index contributed by atoms with van der Waals surface area (Å²) < 4.78 is 12.3. The summed E-state index contributed by atoms with van der Waals surface area (Å²) in [6.45, 7) is 2.79. The fraction of sp³-hybridized carbons (Fsp3) is 0.333. The van der Waals surface area contributed by atoms with Gasteiger partial charge in [0.05, 0.1) is 20.4 Å². The number of hydrogen-bond donors (Lipinski definition) is 0. The first-order chi connectivity index (χ1) is 9.69. The summed E-state index contributed by atoms with van der Waals surface area (Å²) in [6.07, 6.45) is 3.86. The number of methoxy groups -OCH3 is 2. The Hall–Kier alpha value is -2.30. The minimum atomic E-state index is -0.0463. The Morgan fingerprint density at radius 1 is 1.25 bits per heavy atom. The number of ether oxygens (including phenoxy) is 2. The number of rotatable bonds is 6. The first-order valence-electron chi connectivity index (χ1n) is 6.45. The molecule has 0 aliphatic heterocycles. The average Bonchev–Trinajstić information content (AvgIpc) is 2.93. The lowest BCUT2D eigenvalue weighted by Crippen LogP contribution is -2.07. The number of carbonyl (C=O) groups is 1. The van der Waals surface area contributed by atoms with Gasteiger partial charge in [-0.25, -0.2) is 0 Å². The molecule has 1 heterocycles. The molecule has 0 aliphatic carbocycles. The summed E-state index contributed by atoms with van der Waals surface area (Å²) in [4.78, 5) is 12.5. The number of aromatic nitrogens is 2. The molecule has 0 amide bonds. The van der Waals surface area contributed by atoms with Crippen LogP contribution in [-0.2, 0) is 13.0 Å². The Morgan fingerprint density at radius 2 is 1.90 bits per heavy atom. The predicted molar refractivity (Wildman–Crippen MR) is 75.5 cm³/mol. The van der Waals surface area contributed by atoms with Gasteiger partial charge in [-0.1, -0.05) is 6.07 Å². The van der Waals surface area contributed by atoms with Crippen LogP contribution in [0.25, 0.3) is 0 Å². The van der Waals surface area contributed by atoms with E-state index in [1.54, 1.807) is 43.3 Å². The van der Waals surface area contributed by atoms with Crippen molar-refractivity contribution in [3.05, 3.63) is 41.7 Å². The van der Waals surface area contributed by atoms with Crippen LogP contribution in [-0.4, -0.2) is 29.8 Å². The predicted octanol–water partition coefficient (Wildman–Crippen LogP) is 2.35. The van der Waals surface area contributed by atoms with Gasteiger partial charge in [-0.15, -0.1) is 0 Å². The van der Waals surface area contributed by atoms with Crippen LogP contribution >= 0.6 is 0 Å². The summed E-state index contributed by atoms with van der Waals surface area (Å²) in [5.41, 5.74) is 1.35. The molecule has 2 aromatic rings. The van der Waals surface area contributed by atoms with E-state index in [1.807, 2.05) is 13.1 Å². The van der Waals surface area contributed by atoms with Gasteiger partial charge in [0.15, 0.2) is 5.78 Å². The third-order valence-corrected chi connectivity index (χ3v) is 3.08. The molecule has 1 aromatic carbocycles. The number of nitrogens with zero attached hydrogens (tertiary/aromatic N) is 2. The maximum absolute atomic E-state index is 12.5. The Balaban J connectivity index is 2.28. The molecule has 1 aromatic heterocycles. The number of ketones is 1. The number of Topliss-reactive ketones (excluding diaryl/α,β-unsaturated/α-hetero) is 1. The van der Waals surface area contributed by atoms with Gasteiger partial charge in [0.25, 0.3) is 0 Å². The molecule has 0 saturated heterocycles. The van der Waals surface area contributed by atoms with Crippen molar-refractivity contribution < 1.29 is 14.3 Å². The molecule has 20 heavy (non-hydrogen) atoms. The SMILES string of the molecule is CCn1cc(CC(=O)c2c(OC)cccc2OC)cn1. The third kappa shape index (κ3) is 2.82. The van der Waals surface area contributed by atoms with Crippen LogP contribution in [0.2, 0.25) is 0 Å². The lowest BCUT2D eigenvalue weighted by Gasteiger charge is -2.11. The van der Waals surface area contributed by atoms with E-state index < -0.39 is 0 Å². The van der Waals surface area contributed by atoms with E-state index in [0.717, 1.165) is 12.1 Å². The first-order valence-corrected chi connectivity index (χ1v) is 6.45. The molecule has 0 aliphatic rings. The monoisotopic (exact) mass is 274 g/mol. The Kier molecular flexibility index (Phi) is 4.40. The van der Waals surface area contributed by atoms with Crippen molar-refractivity contribution in [1.29, 1.82) is 0 Å². The minimum Gasteiger partial charge on any atom is -0.496 e. The molecule has 0 saturated carbocycles. The lowest BCUT2D eigenvalue weighted by atomic mass is 10.0. The van der Waals surface area contributed by atoms with Gasteiger partial charge in [-0.05, 0) is 24.6 Å². The van der Waals surface area contributed by atoms with Gasteiger partial charge in [0.2, 0.25) is 0 Å². The molecule has 0 unspecified atom stereocenters. The van der Waals surface area contributed by atoms with Gasteiger partial charge < -0.3 is 9.47 Å². The van der Waals surface area contributed by atoms with Crippen molar-refractivity contribution in [2.45, 2.75) is 19.9 Å². The topological polar surface area (TPSA) is 53.4 Å². The number of benzene rings is 1. The standard InChI is InChI=1S/C15H18N2O3/c1-4-17-10-11(9-16-17)8-12(18)15-13(19-2)6-5-7-14(15)20-3/h5-7,9-10H,4,8H2,1-3H3. The van der Waals surface area contributed by atoms with Gasteiger partial charge in [-0.2, -0.15) is 5.10 Å². The van der Waals surface area contributed by atoms with Crippen LogP contribution in [0.3, 0.4) is 0 Å². The highest BCUT2D eigenvalue weighted by Crippen LogP contribution is 2.29. The van der Waals surface area contributed by atoms with E-state index in [4.69, 9.17) is 9.47 Å². The molecule has 0 radical (unpaired) electrons. The van der Waals surface area contributed by atoms with Crippen LogP contribution in [0.15, 0.2) is 30.6 Å². The summed E-state index contributed by atoms with van der Waals surface area (Å²) in [6, 6.07) is 5.31. The molecule has 5 nitrogen and oxygen atoms in total. The lowest BCUT2D eigenvalue weighted by molar-refractivity contribution is 0.0987. The highest BCUT2D eigenvalue weighted by atomic mass is 16.5. The largest absolute Gasteiger partial charge is 0.496 e. The van der Waals surface area contributed by atoms with Crippen LogP contribution in [0.5, 0.6) is 11.5 Å². The van der Waals surface area contributed by atoms with Gasteiger partial charge in [-0.3, -0.25) is 9.48 Å². The molecular weight excluding hydrogens is 256 g/mol. The van der Waals surface area contributed by atoms with E-state index in [9.17, 15) is 4.79 Å². The molecule has 0 spiro atoms. The van der Waals surface area contributed by atoms with Crippen LogP contribution in [0, 0.1) is 0 Å². The summed E-state index contributed by atoms with van der Waals surface area (Å²) >= 11 is 0. The van der Waals surface area contributed by atoms with E-state index in [-0.39, 0.29) is 12.2 Å². The van der Waals surface area contributed by atoms with Gasteiger partial charge in [0, 0.05) is 19.2 Å². The normalized spacial score (nSPS) is 10.3. The van der Waals surface area contributed by atoms with Crippen molar-refractivity contribution >= 4 is 5.78 Å². The molecule has 106 valence electrons. The molecule has 0 N–H and O–H groups in total. The zero-order valence-electron chi connectivity index (χ0n) is 11.9. The summed E-state index contributed by atoms with van der Waals surface area (Å²) in [7, 11) is 3.08. The third-order valence-electron chi connectivity index (χ3n) is 3.08. The van der Waals surface area contributed by atoms with Gasteiger partial charge in [0.1, 0.15) is 17.1 Å². The zero-order chi connectivity index (χ0) is 14.5. The van der Waals surface area contributed by atoms with Crippen LogP contribution in [0.4, 0.5) is 0 Å². The molecule has 5 heteroatoms. The average molecular weight is 274 g/mol. The number of carbonyl (C=O) groups excluding carboxylic acids is 1. The van der Waals surface area contributed by atoms with E-state index in [2.05, 4.69) is 5.10 Å². The highest BCUT2D eigenvalue weighted by Gasteiger charge is 2.18. The molecule has 0 fully saturated rings. The quantitative estimate of drug-likeness (QED) is 0.759. The van der Waals surface area contributed by atoms with Crippen LogP contribution in [0.1, 0.15) is 22.8 Å². The maximum Gasteiger partial charge on any atom is 0.174 e. The van der Waals surface area contributed by atoms with E-state index in [0.29, 0.717) is 17.1 Å². The first kappa shape index (κ1) is 14.1. The van der Waals surface area contributed by atoms with Crippen molar-refractivity contribution in [3.63, 3.8) is 0 Å². The second kappa shape index (κ2) is 6.23. The Labute approximate surface area is 118 Å². The molecule has 2 rings (SSSR count). The number of hydrogen-bond acceptors (Lipinski definition) is 4. The maximum atomic E-state index is 12.5.